The van der Waals surface area contributed by atoms with Gasteiger partial charge in [-0.15, -0.1) is 0 Å². The van der Waals surface area contributed by atoms with Crippen LogP contribution in [0.4, 0.5) is 0 Å². The van der Waals surface area contributed by atoms with Crippen molar-refractivity contribution in [3.05, 3.63) is 96.1 Å². The Balaban J connectivity index is 1.58. The van der Waals surface area contributed by atoms with Crippen LogP contribution in [0.1, 0.15) is 11.1 Å². The van der Waals surface area contributed by atoms with Crippen molar-refractivity contribution in [2.45, 2.75) is 0 Å². The van der Waals surface area contributed by atoms with Crippen LogP contribution < -0.4 is 0 Å². The van der Waals surface area contributed by atoms with E-state index in [0.29, 0.717) is 0 Å². The molecule has 0 saturated carbocycles. The molecule has 0 radical (unpaired) electrons. The average molecular weight is 334 g/mol. The molecule has 4 aromatic carbocycles. The summed E-state index contributed by atoms with van der Waals surface area (Å²) in [6.45, 7) is 0. The average Bonchev–Trinajstić information content (AvgIpc) is 2.68. The second-order valence-electron chi connectivity index (χ2n) is 5.61. The quantitative estimate of drug-likeness (QED) is 0.353. The largest absolute Gasteiger partial charge is 0.0616 e. The second kappa shape index (κ2) is 7.18. The van der Waals surface area contributed by atoms with Gasteiger partial charge in [0.2, 0.25) is 0 Å². The molecule has 0 spiro atoms. The standard InChI is InChI=1S/C24H14S/c1-3-13-23-19(7-1)9-5-11-21(23)15-17-25-18-16-22-12-6-10-20-8-2-4-14-24(20)22/h1-14H. The topological polar surface area (TPSA) is 0 Å². The van der Waals surface area contributed by atoms with Crippen molar-refractivity contribution in [3.8, 4) is 22.3 Å². The van der Waals surface area contributed by atoms with Crippen molar-refractivity contribution < 1.29 is 0 Å². The fourth-order valence-corrected chi connectivity index (χ4v) is 3.23. The van der Waals surface area contributed by atoms with Gasteiger partial charge in [0, 0.05) is 22.9 Å². The summed E-state index contributed by atoms with van der Waals surface area (Å²) in [5.41, 5.74) is 2.08. The Bertz CT molecular complexity index is 1070. The van der Waals surface area contributed by atoms with E-state index in [0.717, 1.165) is 11.1 Å². The van der Waals surface area contributed by atoms with Crippen LogP contribution in [0.15, 0.2) is 84.9 Å². The van der Waals surface area contributed by atoms with Crippen molar-refractivity contribution in [2.24, 2.45) is 0 Å². The Kier molecular flexibility index (Phi) is 4.42. The van der Waals surface area contributed by atoms with Gasteiger partial charge in [-0.05, 0) is 44.2 Å². The lowest BCUT2D eigenvalue weighted by Crippen LogP contribution is -1.78. The number of hydrogen-bond donors (Lipinski definition) is 0. The monoisotopic (exact) mass is 334 g/mol. The summed E-state index contributed by atoms with van der Waals surface area (Å²) in [5, 5.41) is 11.0. The lowest BCUT2D eigenvalue weighted by atomic mass is 10.1. The normalized spacial score (nSPS) is 9.92. The van der Waals surface area contributed by atoms with Crippen LogP contribution in [-0.4, -0.2) is 0 Å². The first kappa shape index (κ1) is 15.4. The highest BCUT2D eigenvalue weighted by Crippen LogP contribution is 2.19. The number of hydrogen-bond acceptors (Lipinski definition) is 1. The first-order chi connectivity index (χ1) is 12.4. The molecule has 4 rings (SSSR count). The Labute approximate surface area is 151 Å². The molecule has 1 heteroatoms. The zero-order valence-electron chi connectivity index (χ0n) is 13.5. The van der Waals surface area contributed by atoms with Crippen molar-refractivity contribution in [2.75, 3.05) is 0 Å². The lowest BCUT2D eigenvalue weighted by Gasteiger charge is -1.99. The van der Waals surface area contributed by atoms with Gasteiger partial charge in [0.1, 0.15) is 0 Å². The Hall–Kier alpha value is -3.13. The molecule has 4 aromatic rings. The fraction of sp³-hybridized carbons (Fsp3) is 0. The van der Waals surface area contributed by atoms with Gasteiger partial charge in [-0.2, -0.15) is 0 Å². The molecule has 0 aliphatic heterocycles. The molecule has 0 amide bonds. The predicted molar refractivity (Wildman–Crippen MR) is 109 cm³/mol. The third kappa shape index (κ3) is 3.38. The molecule has 0 bridgehead atoms. The zero-order valence-corrected chi connectivity index (χ0v) is 14.3. The van der Waals surface area contributed by atoms with Crippen molar-refractivity contribution >= 4 is 33.3 Å². The number of rotatable bonds is 0. The highest BCUT2D eigenvalue weighted by molar-refractivity contribution is 8.08. The van der Waals surface area contributed by atoms with Gasteiger partial charge < -0.3 is 0 Å². The fourth-order valence-electron chi connectivity index (χ4n) is 2.86. The molecule has 25 heavy (non-hydrogen) atoms. The maximum absolute atomic E-state index is 3.22. The Morgan fingerprint density at radius 1 is 0.480 bits per heavy atom. The molecule has 0 heterocycles. The first-order valence-electron chi connectivity index (χ1n) is 8.05. The van der Waals surface area contributed by atoms with Gasteiger partial charge in [-0.25, -0.2) is 0 Å². The molecular weight excluding hydrogens is 320 g/mol. The third-order valence-corrected chi connectivity index (χ3v) is 4.46. The van der Waals surface area contributed by atoms with Gasteiger partial charge in [0.25, 0.3) is 0 Å². The molecule has 0 nitrogen and oxygen atoms in total. The number of fused-ring (bicyclic) bond motifs is 2. The molecule has 0 aliphatic rings. The molecule has 0 atom stereocenters. The van der Waals surface area contributed by atoms with E-state index in [1.807, 2.05) is 48.5 Å². The maximum atomic E-state index is 3.22. The van der Waals surface area contributed by atoms with Gasteiger partial charge in [0.15, 0.2) is 0 Å². The smallest absolute Gasteiger partial charge is 0.0333 e. The van der Waals surface area contributed by atoms with Crippen LogP contribution in [0.2, 0.25) is 0 Å². The van der Waals surface area contributed by atoms with Crippen LogP contribution in [0, 0.1) is 22.3 Å². The van der Waals surface area contributed by atoms with Gasteiger partial charge in [-0.3, -0.25) is 0 Å². The van der Waals surface area contributed by atoms with Crippen molar-refractivity contribution in [1.82, 2.24) is 0 Å². The summed E-state index contributed by atoms with van der Waals surface area (Å²) >= 11 is 1.34. The minimum Gasteiger partial charge on any atom is -0.0616 e. The molecular formula is C24H14S. The molecule has 0 saturated heterocycles. The van der Waals surface area contributed by atoms with E-state index < -0.39 is 0 Å². The molecule has 0 aromatic heterocycles. The third-order valence-electron chi connectivity index (χ3n) is 4.05. The summed E-state index contributed by atoms with van der Waals surface area (Å²) in [6.07, 6.45) is 0. The summed E-state index contributed by atoms with van der Waals surface area (Å²) in [6, 6.07) is 29.0. The zero-order chi connectivity index (χ0) is 16.9. The van der Waals surface area contributed by atoms with E-state index in [1.165, 1.54) is 33.3 Å². The van der Waals surface area contributed by atoms with Crippen molar-refractivity contribution in [1.29, 1.82) is 0 Å². The number of benzene rings is 4. The first-order valence-corrected chi connectivity index (χ1v) is 8.87. The highest BCUT2D eigenvalue weighted by Gasteiger charge is 1.97. The second-order valence-corrected chi connectivity index (χ2v) is 6.22. The molecule has 0 unspecified atom stereocenters. The molecule has 0 N–H and O–H groups in total. The van der Waals surface area contributed by atoms with Gasteiger partial charge in [0.05, 0.1) is 0 Å². The van der Waals surface area contributed by atoms with Gasteiger partial charge in [-0.1, -0.05) is 84.6 Å². The van der Waals surface area contributed by atoms with Crippen LogP contribution in [-0.2, 0) is 0 Å². The predicted octanol–water partition coefficient (Wildman–Crippen LogP) is 6.04. The summed E-state index contributed by atoms with van der Waals surface area (Å²) in [5.74, 6) is 6.44. The van der Waals surface area contributed by atoms with Crippen LogP contribution in [0.25, 0.3) is 21.5 Å². The van der Waals surface area contributed by atoms with E-state index in [2.05, 4.69) is 58.7 Å². The number of thioether (sulfide) groups is 1. The highest BCUT2D eigenvalue weighted by atomic mass is 32.2. The van der Waals surface area contributed by atoms with E-state index in [4.69, 9.17) is 0 Å². The SMILES string of the molecule is C(#Cc1cccc2ccccc12)SC#Cc1cccc2ccccc12. The minimum absolute atomic E-state index is 1.04. The van der Waals surface area contributed by atoms with Gasteiger partial charge >= 0.3 is 0 Å². The Morgan fingerprint density at radius 2 is 0.920 bits per heavy atom. The molecule has 0 aliphatic carbocycles. The maximum Gasteiger partial charge on any atom is 0.0333 e. The lowest BCUT2D eigenvalue weighted by molar-refractivity contribution is 1.70. The van der Waals surface area contributed by atoms with Crippen LogP contribution in [0.5, 0.6) is 0 Å². The molecule has 116 valence electrons. The van der Waals surface area contributed by atoms with E-state index >= 15 is 0 Å². The Morgan fingerprint density at radius 3 is 1.44 bits per heavy atom. The summed E-state index contributed by atoms with van der Waals surface area (Å²) in [4.78, 5) is 0. The van der Waals surface area contributed by atoms with Crippen LogP contribution in [0.3, 0.4) is 0 Å². The van der Waals surface area contributed by atoms with Crippen molar-refractivity contribution in [3.63, 3.8) is 0 Å². The van der Waals surface area contributed by atoms with Crippen LogP contribution >= 0.6 is 11.8 Å². The summed E-state index contributed by atoms with van der Waals surface area (Å²) < 4.78 is 0. The van der Waals surface area contributed by atoms with E-state index in [9.17, 15) is 0 Å². The minimum atomic E-state index is 1.04. The van der Waals surface area contributed by atoms with E-state index in [1.54, 1.807) is 0 Å². The summed E-state index contributed by atoms with van der Waals surface area (Å²) in [7, 11) is 0. The van der Waals surface area contributed by atoms with E-state index in [-0.39, 0.29) is 0 Å². The molecule has 0 fully saturated rings.